The van der Waals surface area contributed by atoms with E-state index in [9.17, 15) is 9.18 Å². The van der Waals surface area contributed by atoms with Gasteiger partial charge in [-0.05, 0) is 43.7 Å². The van der Waals surface area contributed by atoms with Crippen LogP contribution in [0.25, 0.3) is 5.65 Å². The molecular formula is C22H22FN7O2. The number of nitrogens with zero attached hydrogens (tertiary/aromatic N) is 7. The molecule has 1 amide bonds. The van der Waals surface area contributed by atoms with Crippen LogP contribution in [0.5, 0.6) is 5.75 Å². The second-order valence-electron chi connectivity index (χ2n) is 7.83. The molecule has 1 atom stereocenters. The number of carbonyl (C=O) groups is 1. The van der Waals surface area contributed by atoms with Crippen molar-refractivity contribution in [3.8, 4) is 5.75 Å². The standard InChI is InChI=1S/C22H22FN7O2/c1-15-19(11-29-14-24-13-26-29)22-25-8-6-20(30(22)27-15)16-7-9-28(10-16)21(31)12-32-18-4-2-17(23)3-5-18/h2-6,8,13-14,16H,7,9-12H2,1H3. The van der Waals surface area contributed by atoms with Crippen LogP contribution in [0.3, 0.4) is 0 Å². The highest BCUT2D eigenvalue weighted by molar-refractivity contribution is 5.78. The maximum Gasteiger partial charge on any atom is 0.260 e. The SMILES string of the molecule is Cc1nn2c(C3CCN(C(=O)COc4ccc(F)cc4)C3)ccnc2c1Cn1cncn1. The lowest BCUT2D eigenvalue weighted by Gasteiger charge is -2.17. The van der Waals surface area contributed by atoms with Crippen LogP contribution >= 0.6 is 0 Å². The quantitative estimate of drug-likeness (QED) is 0.461. The topological polar surface area (TPSA) is 90.4 Å². The molecule has 0 radical (unpaired) electrons. The van der Waals surface area contributed by atoms with E-state index in [2.05, 4.69) is 15.1 Å². The van der Waals surface area contributed by atoms with Crippen molar-refractivity contribution in [1.82, 2.24) is 34.3 Å². The maximum absolute atomic E-state index is 13.0. The predicted octanol–water partition coefficient (Wildman–Crippen LogP) is 2.21. The van der Waals surface area contributed by atoms with Crippen LogP contribution in [-0.4, -0.2) is 59.9 Å². The van der Waals surface area contributed by atoms with Gasteiger partial charge >= 0.3 is 0 Å². The first-order valence-corrected chi connectivity index (χ1v) is 10.4. The molecular weight excluding hydrogens is 413 g/mol. The molecule has 9 nitrogen and oxygen atoms in total. The molecule has 3 aromatic heterocycles. The predicted molar refractivity (Wildman–Crippen MR) is 113 cm³/mol. The summed E-state index contributed by atoms with van der Waals surface area (Å²) in [6.45, 7) is 3.66. The summed E-state index contributed by atoms with van der Waals surface area (Å²) in [6, 6.07) is 7.61. The van der Waals surface area contributed by atoms with Crippen molar-refractivity contribution in [3.05, 3.63) is 72.0 Å². The highest BCUT2D eigenvalue weighted by Gasteiger charge is 2.30. The van der Waals surface area contributed by atoms with Crippen LogP contribution in [0.4, 0.5) is 4.39 Å². The van der Waals surface area contributed by atoms with Gasteiger partial charge in [-0.3, -0.25) is 4.79 Å². The Hall–Kier alpha value is -3.82. The molecule has 4 aromatic rings. The summed E-state index contributed by atoms with van der Waals surface area (Å²) in [6.07, 6.45) is 5.79. The van der Waals surface area contributed by atoms with Crippen LogP contribution in [0.2, 0.25) is 0 Å². The fourth-order valence-corrected chi connectivity index (χ4v) is 4.08. The van der Waals surface area contributed by atoms with Crippen LogP contribution in [0, 0.1) is 12.7 Å². The monoisotopic (exact) mass is 435 g/mol. The van der Waals surface area contributed by atoms with Gasteiger partial charge < -0.3 is 9.64 Å². The maximum atomic E-state index is 13.0. The molecule has 0 bridgehead atoms. The van der Waals surface area contributed by atoms with Gasteiger partial charge in [0, 0.05) is 30.8 Å². The second kappa shape index (κ2) is 8.37. The van der Waals surface area contributed by atoms with Crippen LogP contribution in [0.15, 0.2) is 49.2 Å². The Kier molecular flexibility index (Phi) is 5.26. The summed E-state index contributed by atoms with van der Waals surface area (Å²) >= 11 is 0. The van der Waals surface area contributed by atoms with Gasteiger partial charge in [-0.15, -0.1) is 0 Å². The van der Waals surface area contributed by atoms with Crippen LogP contribution < -0.4 is 4.74 Å². The average molecular weight is 435 g/mol. The summed E-state index contributed by atoms with van der Waals surface area (Å²) < 4.78 is 22.2. The zero-order chi connectivity index (χ0) is 22.1. The van der Waals surface area contributed by atoms with Gasteiger partial charge in [0.25, 0.3) is 5.91 Å². The summed E-state index contributed by atoms with van der Waals surface area (Å²) in [7, 11) is 0. The Morgan fingerprint density at radius 3 is 2.88 bits per heavy atom. The van der Waals surface area contributed by atoms with Gasteiger partial charge in [0.05, 0.1) is 17.9 Å². The third-order valence-electron chi connectivity index (χ3n) is 5.77. The lowest BCUT2D eigenvalue weighted by molar-refractivity contribution is -0.132. The first-order chi connectivity index (χ1) is 15.6. The van der Waals surface area contributed by atoms with Crippen molar-refractivity contribution >= 4 is 11.6 Å². The lowest BCUT2D eigenvalue weighted by atomic mass is 10.0. The molecule has 1 aromatic carbocycles. The molecule has 0 saturated carbocycles. The van der Waals surface area contributed by atoms with Crippen molar-refractivity contribution in [2.75, 3.05) is 19.7 Å². The van der Waals surface area contributed by atoms with E-state index in [0.29, 0.717) is 25.4 Å². The summed E-state index contributed by atoms with van der Waals surface area (Å²) in [5.41, 5.74) is 3.70. The molecule has 164 valence electrons. The van der Waals surface area contributed by atoms with Crippen LogP contribution in [0.1, 0.15) is 29.3 Å². The van der Waals surface area contributed by atoms with E-state index in [-0.39, 0.29) is 24.2 Å². The second-order valence-corrected chi connectivity index (χ2v) is 7.83. The third kappa shape index (κ3) is 3.91. The highest BCUT2D eigenvalue weighted by Crippen LogP contribution is 2.28. The fraction of sp³-hybridized carbons (Fsp3) is 0.318. The van der Waals surface area contributed by atoms with E-state index < -0.39 is 0 Å². The number of hydrogen-bond donors (Lipinski definition) is 0. The molecule has 32 heavy (non-hydrogen) atoms. The van der Waals surface area contributed by atoms with Gasteiger partial charge in [-0.25, -0.2) is 23.6 Å². The van der Waals surface area contributed by atoms with E-state index in [1.54, 1.807) is 22.1 Å². The molecule has 4 heterocycles. The number of benzene rings is 1. The number of hydrogen-bond acceptors (Lipinski definition) is 6. The normalized spacial score (nSPS) is 16.1. The Morgan fingerprint density at radius 2 is 2.09 bits per heavy atom. The molecule has 5 rings (SSSR count). The molecule has 0 aliphatic carbocycles. The van der Waals surface area contributed by atoms with Gasteiger partial charge in [0.1, 0.15) is 24.2 Å². The Bertz CT molecular complexity index is 1240. The molecule has 0 N–H and O–H groups in total. The van der Waals surface area contributed by atoms with Gasteiger partial charge in [-0.1, -0.05) is 0 Å². The highest BCUT2D eigenvalue weighted by atomic mass is 19.1. The van der Waals surface area contributed by atoms with Crippen molar-refractivity contribution < 1.29 is 13.9 Å². The smallest absolute Gasteiger partial charge is 0.260 e. The van der Waals surface area contributed by atoms with E-state index in [1.165, 1.54) is 30.6 Å². The zero-order valence-corrected chi connectivity index (χ0v) is 17.6. The average Bonchev–Trinajstić information content (AvgIpc) is 3.54. The number of halogens is 1. The number of rotatable bonds is 6. The minimum absolute atomic E-state index is 0.0763. The molecule has 1 saturated heterocycles. The third-order valence-corrected chi connectivity index (χ3v) is 5.77. The zero-order valence-electron chi connectivity index (χ0n) is 17.6. The largest absolute Gasteiger partial charge is 0.484 e. The minimum Gasteiger partial charge on any atom is -0.484 e. The fourth-order valence-electron chi connectivity index (χ4n) is 4.08. The van der Waals surface area contributed by atoms with Gasteiger partial charge in [0.15, 0.2) is 12.3 Å². The Morgan fingerprint density at radius 1 is 1.25 bits per heavy atom. The first-order valence-electron chi connectivity index (χ1n) is 10.4. The minimum atomic E-state index is -0.340. The molecule has 10 heteroatoms. The summed E-state index contributed by atoms with van der Waals surface area (Å²) in [5.74, 6) is 0.186. The number of fused-ring (bicyclic) bond motifs is 1. The number of ether oxygens (including phenoxy) is 1. The number of likely N-dealkylation sites (tertiary alicyclic amines) is 1. The molecule has 0 spiro atoms. The molecule has 1 fully saturated rings. The van der Waals surface area contributed by atoms with Gasteiger partial charge in [-0.2, -0.15) is 10.2 Å². The number of aryl methyl sites for hydroxylation is 1. The van der Waals surface area contributed by atoms with Crippen molar-refractivity contribution in [1.29, 1.82) is 0 Å². The summed E-state index contributed by atoms with van der Waals surface area (Å²) in [5, 5.41) is 8.90. The van der Waals surface area contributed by atoms with Gasteiger partial charge in [0.2, 0.25) is 0 Å². The van der Waals surface area contributed by atoms with E-state index >= 15 is 0 Å². The van der Waals surface area contributed by atoms with Crippen molar-refractivity contribution in [2.45, 2.75) is 25.8 Å². The molecule has 1 aliphatic heterocycles. The lowest BCUT2D eigenvalue weighted by Crippen LogP contribution is -2.33. The number of aromatic nitrogens is 6. The van der Waals surface area contributed by atoms with E-state index in [0.717, 1.165) is 29.0 Å². The van der Waals surface area contributed by atoms with E-state index in [4.69, 9.17) is 9.84 Å². The molecule has 1 aliphatic rings. The van der Waals surface area contributed by atoms with Crippen LogP contribution in [-0.2, 0) is 11.3 Å². The van der Waals surface area contributed by atoms with Crippen molar-refractivity contribution in [3.63, 3.8) is 0 Å². The Balaban J connectivity index is 1.29. The Labute approximate surface area is 183 Å². The summed E-state index contributed by atoms with van der Waals surface area (Å²) in [4.78, 5) is 23.0. The van der Waals surface area contributed by atoms with Crippen molar-refractivity contribution in [2.24, 2.45) is 0 Å². The molecule has 1 unspecified atom stereocenters. The number of amides is 1. The van der Waals surface area contributed by atoms with E-state index in [1.807, 2.05) is 17.5 Å². The first kappa shape index (κ1) is 20.1. The number of carbonyl (C=O) groups excluding carboxylic acids is 1.